The molecule has 0 unspecified atom stereocenters. The number of benzene rings is 9. The van der Waals surface area contributed by atoms with E-state index in [0.717, 1.165) is 0 Å². The van der Waals surface area contributed by atoms with Crippen LogP contribution in [-0.4, -0.2) is 0 Å². The molecule has 0 heterocycles. The highest BCUT2D eigenvalue weighted by atomic mass is 14.2. The van der Waals surface area contributed by atoms with Crippen molar-refractivity contribution in [2.24, 2.45) is 0 Å². The van der Waals surface area contributed by atoms with Gasteiger partial charge in [-0.15, -0.1) is 0 Å². The lowest BCUT2D eigenvalue weighted by Gasteiger charge is -2.18. The summed E-state index contributed by atoms with van der Waals surface area (Å²) in [5.41, 5.74) is 9.99. The maximum Gasteiger partial charge on any atom is -0.00262 e. The second-order valence-electron chi connectivity index (χ2n) is 12.1. The summed E-state index contributed by atoms with van der Waals surface area (Å²) in [6.45, 7) is 0. The monoisotopic (exact) mass is 582 g/mol. The van der Waals surface area contributed by atoms with Crippen molar-refractivity contribution in [2.45, 2.75) is 0 Å². The predicted molar refractivity (Wildman–Crippen MR) is 198 cm³/mol. The third-order valence-electron chi connectivity index (χ3n) is 9.40. The number of hydrogen-bond acceptors (Lipinski definition) is 0. The van der Waals surface area contributed by atoms with E-state index >= 15 is 0 Å². The predicted octanol–water partition coefficient (Wildman–Crippen LogP) is 13.0. The van der Waals surface area contributed by atoms with Crippen LogP contribution < -0.4 is 0 Å². The molecule has 0 spiro atoms. The van der Waals surface area contributed by atoms with Gasteiger partial charge in [-0.05, 0) is 112 Å². The van der Waals surface area contributed by atoms with E-state index in [4.69, 9.17) is 0 Å². The van der Waals surface area contributed by atoms with E-state index in [1.54, 1.807) is 0 Å². The number of fused-ring (bicyclic) bond motifs is 4. The lowest BCUT2D eigenvalue weighted by atomic mass is 9.85. The molecule has 0 aromatic heterocycles. The molecule has 0 atom stereocenters. The molecule has 0 aliphatic heterocycles. The van der Waals surface area contributed by atoms with Gasteiger partial charge in [0.2, 0.25) is 0 Å². The Morgan fingerprint density at radius 3 is 1.17 bits per heavy atom. The first-order valence-corrected chi connectivity index (χ1v) is 15.9. The summed E-state index contributed by atoms with van der Waals surface area (Å²) in [5, 5.41) is 10.1. The van der Waals surface area contributed by atoms with Crippen molar-refractivity contribution >= 4 is 43.1 Å². The molecule has 0 N–H and O–H groups in total. The first-order valence-electron chi connectivity index (χ1n) is 15.9. The van der Waals surface area contributed by atoms with Crippen molar-refractivity contribution < 1.29 is 0 Å². The number of rotatable bonds is 4. The molecule has 9 aromatic carbocycles. The topological polar surface area (TPSA) is 0 Å². The Morgan fingerprint density at radius 1 is 0.196 bits per heavy atom. The van der Waals surface area contributed by atoms with Crippen molar-refractivity contribution in [3.05, 3.63) is 182 Å². The summed E-state index contributed by atoms with van der Waals surface area (Å²) in [5.74, 6) is 0. The summed E-state index contributed by atoms with van der Waals surface area (Å²) in [7, 11) is 0. The minimum Gasteiger partial charge on any atom is -0.0622 e. The Morgan fingerprint density at radius 2 is 0.565 bits per heavy atom. The van der Waals surface area contributed by atoms with Gasteiger partial charge in [0.25, 0.3) is 0 Å². The minimum absolute atomic E-state index is 1.23. The molecule has 46 heavy (non-hydrogen) atoms. The van der Waals surface area contributed by atoms with E-state index in [2.05, 4.69) is 182 Å². The van der Waals surface area contributed by atoms with E-state index in [1.165, 1.54) is 87.6 Å². The van der Waals surface area contributed by atoms with Crippen LogP contribution in [0.5, 0.6) is 0 Å². The van der Waals surface area contributed by atoms with Crippen LogP contribution in [0, 0.1) is 0 Å². The first kappa shape index (κ1) is 26.4. The Balaban J connectivity index is 1.21. The Hall–Kier alpha value is -5.98. The van der Waals surface area contributed by atoms with Crippen LogP contribution in [0.25, 0.3) is 87.6 Å². The highest BCUT2D eigenvalue weighted by Crippen LogP contribution is 2.44. The fourth-order valence-corrected chi connectivity index (χ4v) is 7.18. The molecular formula is C46H30. The van der Waals surface area contributed by atoms with Crippen LogP contribution in [0.15, 0.2) is 182 Å². The van der Waals surface area contributed by atoms with Gasteiger partial charge in [0.1, 0.15) is 0 Å². The molecule has 0 aliphatic rings. The summed E-state index contributed by atoms with van der Waals surface area (Å²) in [6, 6.07) is 66.6. The molecule has 0 heteroatoms. The molecule has 9 aromatic rings. The molecule has 0 radical (unpaired) electrons. The first-order chi connectivity index (χ1) is 22.8. The standard InChI is InChI=1S/C46H30/c1-2-11-31(12-3-1)34-15-10-16-39(29-34)45-41-17-6-8-19-43(41)46(44-20-9-7-18-42(44)45)40-26-25-37-28-36(23-24-38(37)30-40)35-22-21-32-13-4-5-14-33(32)27-35/h1-30H. The van der Waals surface area contributed by atoms with Gasteiger partial charge in [-0.3, -0.25) is 0 Å². The van der Waals surface area contributed by atoms with Crippen LogP contribution >= 0.6 is 0 Å². The van der Waals surface area contributed by atoms with E-state index in [0.29, 0.717) is 0 Å². The fourth-order valence-electron chi connectivity index (χ4n) is 7.18. The zero-order valence-corrected chi connectivity index (χ0v) is 25.3. The minimum atomic E-state index is 1.23. The van der Waals surface area contributed by atoms with Gasteiger partial charge in [-0.1, -0.05) is 158 Å². The highest BCUT2D eigenvalue weighted by Gasteiger charge is 2.17. The zero-order chi connectivity index (χ0) is 30.5. The van der Waals surface area contributed by atoms with Crippen molar-refractivity contribution in [3.8, 4) is 44.5 Å². The van der Waals surface area contributed by atoms with Crippen LogP contribution in [0.2, 0.25) is 0 Å². The van der Waals surface area contributed by atoms with Gasteiger partial charge in [-0.2, -0.15) is 0 Å². The van der Waals surface area contributed by atoms with E-state index < -0.39 is 0 Å². The molecule has 0 nitrogen and oxygen atoms in total. The zero-order valence-electron chi connectivity index (χ0n) is 25.3. The average molecular weight is 583 g/mol. The Labute approximate surface area is 268 Å². The molecule has 0 bridgehead atoms. The fraction of sp³-hybridized carbons (Fsp3) is 0. The lowest BCUT2D eigenvalue weighted by molar-refractivity contribution is 1.61. The molecule has 0 saturated heterocycles. The number of hydrogen-bond donors (Lipinski definition) is 0. The summed E-state index contributed by atoms with van der Waals surface area (Å²) < 4.78 is 0. The second kappa shape index (κ2) is 10.9. The smallest absolute Gasteiger partial charge is 0.00262 e. The van der Waals surface area contributed by atoms with Gasteiger partial charge >= 0.3 is 0 Å². The molecule has 0 amide bonds. The van der Waals surface area contributed by atoms with Crippen molar-refractivity contribution in [3.63, 3.8) is 0 Å². The maximum absolute atomic E-state index is 2.36. The third kappa shape index (κ3) is 4.47. The van der Waals surface area contributed by atoms with E-state index in [1.807, 2.05) is 0 Å². The molecular weight excluding hydrogens is 553 g/mol. The van der Waals surface area contributed by atoms with Crippen LogP contribution in [-0.2, 0) is 0 Å². The van der Waals surface area contributed by atoms with Gasteiger partial charge in [0.05, 0.1) is 0 Å². The van der Waals surface area contributed by atoms with Crippen molar-refractivity contribution in [1.29, 1.82) is 0 Å². The Bertz CT molecular complexity index is 2520. The van der Waals surface area contributed by atoms with E-state index in [9.17, 15) is 0 Å². The highest BCUT2D eigenvalue weighted by molar-refractivity contribution is 6.21. The van der Waals surface area contributed by atoms with Crippen molar-refractivity contribution in [2.75, 3.05) is 0 Å². The quantitative estimate of drug-likeness (QED) is 0.181. The lowest BCUT2D eigenvalue weighted by Crippen LogP contribution is -1.91. The molecule has 0 aliphatic carbocycles. The third-order valence-corrected chi connectivity index (χ3v) is 9.40. The van der Waals surface area contributed by atoms with Crippen LogP contribution in [0.1, 0.15) is 0 Å². The van der Waals surface area contributed by atoms with Crippen LogP contribution in [0.3, 0.4) is 0 Å². The average Bonchev–Trinajstić information content (AvgIpc) is 3.13. The van der Waals surface area contributed by atoms with Gasteiger partial charge < -0.3 is 0 Å². The van der Waals surface area contributed by atoms with Crippen LogP contribution in [0.4, 0.5) is 0 Å². The SMILES string of the molecule is c1ccc(-c2cccc(-c3c4ccccc4c(-c4ccc5cc(-c6ccc7ccccc7c6)ccc5c4)c4ccccc34)c2)cc1. The summed E-state index contributed by atoms with van der Waals surface area (Å²) in [4.78, 5) is 0. The van der Waals surface area contributed by atoms with Crippen molar-refractivity contribution in [1.82, 2.24) is 0 Å². The molecule has 9 rings (SSSR count). The molecule has 0 saturated carbocycles. The van der Waals surface area contributed by atoms with Gasteiger partial charge in [0, 0.05) is 0 Å². The molecule has 214 valence electrons. The summed E-state index contributed by atoms with van der Waals surface area (Å²) >= 11 is 0. The second-order valence-corrected chi connectivity index (χ2v) is 12.1. The maximum atomic E-state index is 2.36. The van der Waals surface area contributed by atoms with Gasteiger partial charge in [0.15, 0.2) is 0 Å². The van der Waals surface area contributed by atoms with Gasteiger partial charge in [-0.25, -0.2) is 0 Å². The molecule has 0 fully saturated rings. The van der Waals surface area contributed by atoms with E-state index in [-0.39, 0.29) is 0 Å². The largest absolute Gasteiger partial charge is 0.0622 e. The normalized spacial score (nSPS) is 11.5. The summed E-state index contributed by atoms with van der Waals surface area (Å²) in [6.07, 6.45) is 0. The Kier molecular flexibility index (Phi) is 6.25.